The van der Waals surface area contributed by atoms with E-state index in [0.29, 0.717) is 15.3 Å². The fraction of sp³-hybridized carbons (Fsp3) is 0.500. The van der Waals surface area contributed by atoms with E-state index in [1.54, 1.807) is 0 Å². The highest BCUT2D eigenvalue weighted by Crippen LogP contribution is 2.30. The summed E-state index contributed by atoms with van der Waals surface area (Å²) in [4.78, 5) is 22.6. The van der Waals surface area contributed by atoms with Crippen molar-refractivity contribution in [3.05, 3.63) is 38.3 Å². The third kappa shape index (κ3) is 4.20. The van der Waals surface area contributed by atoms with E-state index in [0.717, 1.165) is 25.0 Å². The standard InChI is InChI=1S/C14H17BrN2O3S/c1-2-21-11-5-3-9(7-11)16-14(18)12-8-10(17(19)20)4-6-13(12)15/h4,6,8-9,11H,2-3,5,7H2,1H3,(H,16,18). The van der Waals surface area contributed by atoms with Gasteiger partial charge in [0.2, 0.25) is 0 Å². The first-order valence-electron chi connectivity index (χ1n) is 6.87. The summed E-state index contributed by atoms with van der Waals surface area (Å²) in [5.74, 6) is 0.833. The molecule has 114 valence electrons. The van der Waals surface area contributed by atoms with Crippen LogP contribution in [0.4, 0.5) is 5.69 Å². The largest absolute Gasteiger partial charge is 0.349 e. The Labute approximate surface area is 136 Å². The zero-order valence-corrected chi connectivity index (χ0v) is 14.1. The lowest BCUT2D eigenvalue weighted by Crippen LogP contribution is -2.33. The second-order valence-corrected chi connectivity index (χ2v) is 7.41. The predicted octanol–water partition coefficient (Wildman–Crippen LogP) is 3.76. The number of nitrogens with zero attached hydrogens (tertiary/aromatic N) is 1. The average Bonchev–Trinajstić information content (AvgIpc) is 2.86. The number of nitro groups is 1. The van der Waals surface area contributed by atoms with Crippen molar-refractivity contribution in [3.8, 4) is 0 Å². The minimum atomic E-state index is -0.493. The smallest absolute Gasteiger partial charge is 0.270 e. The molecule has 1 saturated carbocycles. The molecule has 1 aliphatic carbocycles. The summed E-state index contributed by atoms with van der Waals surface area (Å²) in [6, 6.07) is 4.39. The maximum absolute atomic E-state index is 12.3. The summed E-state index contributed by atoms with van der Waals surface area (Å²) in [6.45, 7) is 2.14. The maximum Gasteiger partial charge on any atom is 0.270 e. The zero-order chi connectivity index (χ0) is 15.4. The van der Waals surface area contributed by atoms with Gasteiger partial charge in [0.05, 0.1) is 10.5 Å². The lowest BCUT2D eigenvalue weighted by Gasteiger charge is -2.13. The molecule has 0 heterocycles. The quantitative estimate of drug-likeness (QED) is 0.630. The Morgan fingerprint density at radius 1 is 1.52 bits per heavy atom. The van der Waals surface area contributed by atoms with Crippen LogP contribution in [-0.2, 0) is 0 Å². The maximum atomic E-state index is 12.3. The molecule has 1 N–H and O–H groups in total. The minimum Gasteiger partial charge on any atom is -0.349 e. The third-order valence-electron chi connectivity index (χ3n) is 3.53. The topological polar surface area (TPSA) is 72.2 Å². The lowest BCUT2D eigenvalue weighted by molar-refractivity contribution is -0.384. The molecule has 2 unspecified atom stereocenters. The predicted molar refractivity (Wildman–Crippen MR) is 87.8 cm³/mol. The van der Waals surface area contributed by atoms with Crippen LogP contribution in [0.25, 0.3) is 0 Å². The second-order valence-electron chi connectivity index (χ2n) is 4.98. The molecule has 2 rings (SSSR count). The Kier molecular flexibility index (Phi) is 5.64. The van der Waals surface area contributed by atoms with E-state index in [1.165, 1.54) is 18.2 Å². The van der Waals surface area contributed by atoms with Crippen LogP contribution in [0.15, 0.2) is 22.7 Å². The highest BCUT2D eigenvalue weighted by atomic mass is 79.9. The minimum absolute atomic E-state index is 0.0748. The van der Waals surface area contributed by atoms with Crippen molar-refractivity contribution in [3.63, 3.8) is 0 Å². The first kappa shape index (κ1) is 16.3. The van der Waals surface area contributed by atoms with Crippen LogP contribution in [0, 0.1) is 10.1 Å². The number of carbonyl (C=O) groups excluding carboxylic acids is 1. The molecule has 0 spiro atoms. The Hall–Kier alpha value is -1.08. The molecule has 0 aliphatic heterocycles. The van der Waals surface area contributed by atoms with Crippen molar-refractivity contribution < 1.29 is 9.72 Å². The molecule has 1 aromatic rings. The molecular formula is C14H17BrN2O3S. The summed E-state index contributed by atoms with van der Waals surface area (Å²) < 4.78 is 0.572. The lowest BCUT2D eigenvalue weighted by atomic mass is 10.1. The Bertz CT molecular complexity index is 553. The molecule has 7 heteroatoms. The number of carbonyl (C=O) groups is 1. The van der Waals surface area contributed by atoms with Crippen molar-refractivity contribution in [1.82, 2.24) is 5.32 Å². The van der Waals surface area contributed by atoms with Crippen LogP contribution < -0.4 is 5.32 Å². The van der Waals surface area contributed by atoms with Crippen LogP contribution in [0.3, 0.4) is 0 Å². The zero-order valence-electron chi connectivity index (χ0n) is 11.7. The SMILES string of the molecule is CCSC1CCC(NC(=O)c2cc([N+](=O)[O-])ccc2Br)C1. The van der Waals surface area contributed by atoms with Gasteiger partial charge in [0.25, 0.3) is 11.6 Å². The third-order valence-corrected chi connectivity index (χ3v) is 5.45. The molecule has 0 aromatic heterocycles. The Morgan fingerprint density at radius 2 is 2.29 bits per heavy atom. The normalized spacial score (nSPS) is 21.2. The molecule has 0 radical (unpaired) electrons. The number of hydrogen-bond donors (Lipinski definition) is 1. The van der Waals surface area contributed by atoms with Crippen molar-refractivity contribution in [1.29, 1.82) is 0 Å². The van der Waals surface area contributed by atoms with Crippen LogP contribution in [0.2, 0.25) is 0 Å². The van der Waals surface area contributed by atoms with Gasteiger partial charge in [-0.05, 0) is 47.0 Å². The molecule has 1 aliphatic rings. The summed E-state index contributed by atoms with van der Waals surface area (Å²) in [6.07, 6.45) is 3.05. The van der Waals surface area contributed by atoms with Crippen LogP contribution in [-0.4, -0.2) is 27.9 Å². The van der Waals surface area contributed by atoms with Gasteiger partial charge in [-0.2, -0.15) is 11.8 Å². The number of benzene rings is 1. The molecule has 21 heavy (non-hydrogen) atoms. The van der Waals surface area contributed by atoms with E-state index in [4.69, 9.17) is 0 Å². The van der Waals surface area contributed by atoms with Gasteiger partial charge in [-0.1, -0.05) is 6.92 Å². The van der Waals surface area contributed by atoms with Crippen LogP contribution in [0.5, 0.6) is 0 Å². The van der Waals surface area contributed by atoms with E-state index in [9.17, 15) is 14.9 Å². The van der Waals surface area contributed by atoms with E-state index >= 15 is 0 Å². The number of rotatable bonds is 5. The second kappa shape index (κ2) is 7.26. The number of amides is 1. The van der Waals surface area contributed by atoms with Gasteiger partial charge in [0.15, 0.2) is 0 Å². The molecule has 1 fully saturated rings. The number of halogens is 1. The first-order valence-corrected chi connectivity index (χ1v) is 8.71. The monoisotopic (exact) mass is 372 g/mol. The van der Waals surface area contributed by atoms with Crippen molar-refractivity contribution in [2.45, 2.75) is 37.5 Å². The van der Waals surface area contributed by atoms with E-state index in [-0.39, 0.29) is 17.6 Å². The van der Waals surface area contributed by atoms with E-state index in [2.05, 4.69) is 28.2 Å². The fourth-order valence-electron chi connectivity index (χ4n) is 2.52. The van der Waals surface area contributed by atoms with Gasteiger partial charge in [-0.3, -0.25) is 14.9 Å². The van der Waals surface area contributed by atoms with Gasteiger partial charge in [0.1, 0.15) is 0 Å². The molecule has 1 aromatic carbocycles. The molecule has 2 atom stereocenters. The van der Waals surface area contributed by atoms with Gasteiger partial charge in [0, 0.05) is 27.9 Å². The number of thioether (sulfide) groups is 1. The summed E-state index contributed by atoms with van der Waals surface area (Å²) in [5.41, 5.74) is 0.241. The summed E-state index contributed by atoms with van der Waals surface area (Å²) in [5, 5.41) is 14.4. The number of hydrogen-bond acceptors (Lipinski definition) is 4. The number of non-ortho nitro benzene ring substituents is 1. The van der Waals surface area contributed by atoms with Crippen LogP contribution >= 0.6 is 27.7 Å². The number of nitro benzene ring substituents is 1. The highest BCUT2D eigenvalue weighted by Gasteiger charge is 2.27. The first-order chi connectivity index (χ1) is 10.0. The Balaban J connectivity index is 2.04. The van der Waals surface area contributed by atoms with Gasteiger partial charge in [-0.15, -0.1) is 0 Å². The average molecular weight is 373 g/mol. The van der Waals surface area contributed by atoms with E-state index in [1.807, 2.05) is 11.8 Å². The van der Waals surface area contributed by atoms with Gasteiger partial charge in [-0.25, -0.2) is 0 Å². The number of nitrogens with one attached hydrogen (secondary N) is 1. The molecule has 0 saturated heterocycles. The molecule has 0 bridgehead atoms. The van der Waals surface area contributed by atoms with Crippen LogP contribution in [0.1, 0.15) is 36.5 Å². The van der Waals surface area contributed by atoms with Gasteiger partial charge >= 0.3 is 0 Å². The van der Waals surface area contributed by atoms with E-state index < -0.39 is 4.92 Å². The Morgan fingerprint density at radius 3 is 2.95 bits per heavy atom. The fourth-order valence-corrected chi connectivity index (χ4v) is 4.09. The molecular weight excluding hydrogens is 356 g/mol. The molecule has 5 nitrogen and oxygen atoms in total. The van der Waals surface area contributed by atoms with Crippen molar-refractivity contribution in [2.24, 2.45) is 0 Å². The van der Waals surface area contributed by atoms with Gasteiger partial charge < -0.3 is 5.32 Å². The summed E-state index contributed by atoms with van der Waals surface area (Å²) >= 11 is 5.20. The summed E-state index contributed by atoms with van der Waals surface area (Å²) in [7, 11) is 0. The highest BCUT2D eigenvalue weighted by molar-refractivity contribution is 9.10. The van der Waals surface area contributed by atoms with Crippen molar-refractivity contribution >= 4 is 39.3 Å². The molecule has 1 amide bonds. The van der Waals surface area contributed by atoms with Crippen molar-refractivity contribution in [2.75, 3.05) is 5.75 Å².